The van der Waals surface area contributed by atoms with Crippen LogP contribution in [0.2, 0.25) is 5.15 Å². The molecule has 15 heavy (non-hydrogen) atoms. The molecule has 2 aromatic rings. The van der Waals surface area contributed by atoms with Gasteiger partial charge in [0.05, 0.1) is 5.69 Å². The molecule has 2 rings (SSSR count). The first-order valence-electron chi connectivity index (χ1n) is 4.13. The van der Waals surface area contributed by atoms with Crippen LogP contribution in [0, 0.1) is 6.57 Å². The highest BCUT2D eigenvalue weighted by molar-refractivity contribution is 6.29. The van der Waals surface area contributed by atoms with Gasteiger partial charge in [-0.3, -0.25) is 0 Å². The smallest absolute Gasteiger partial charge is 0.269 e. The first-order chi connectivity index (χ1) is 7.29. The van der Waals surface area contributed by atoms with Gasteiger partial charge in [-0.25, -0.2) is 0 Å². The van der Waals surface area contributed by atoms with Gasteiger partial charge in [0.15, 0.2) is 5.15 Å². The van der Waals surface area contributed by atoms with Crippen molar-refractivity contribution in [3.63, 3.8) is 0 Å². The lowest BCUT2D eigenvalue weighted by Crippen LogP contribution is -1.87. The number of halogens is 1. The Balaban J connectivity index is 2.38. The summed E-state index contributed by atoms with van der Waals surface area (Å²) in [5.41, 5.74) is 1.50. The molecule has 2 aromatic heterocycles. The molecule has 0 atom stereocenters. The van der Waals surface area contributed by atoms with Gasteiger partial charge in [0, 0.05) is 5.56 Å². The van der Waals surface area contributed by atoms with Gasteiger partial charge >= 0.3 is 0 Å². The summed E-state index contributed by atoms with van der Waals surface area (Å²) in [6.07, 6.45) is 1.59. The molecule has 0 aliphatic carbocycles. The lowest BCUT2D eigenvalue weighted by molar-refractivity contribution is 1.04. The Bertz CT molecular complexity index is 498. The van der Waals surface area contributed by atoms with E-state index in [0.717, 1.165) is 5.56 Å². The number of pyridine rings is 1. The second-order valence-electron chi connectivity index (χ2n) is 2.76. The zero-order chi connectivity index (χ0) is 10.7. The SMILES string of the molecule is [C-]#[N+]c1ccc(-c2ccc(Cl)nn2)cn1. The van der Waals surface area contributed by atoms with Crippen LogP contribution >= 0.6 is 11.6 Å². The average Bonchev–Trinajstić information content (AvgIpc) is 2.30. The molecule has 0 fully saturated rings. The molecule has 0 aliphatic heterocycles. The van der Waals surface area contributed by atoms with Crippen molar-refractivity contribution >= 4 is 17.4 Å². The van der Waals surface area contributed by atoms with Crippen molar-refractivity contribution in [1.29, 1.82) is 0 Å². The van der Waals surface area contributed by atoms with E-state index in [0.29, 0.717) is 16.7 Å². The second-order valence-corrected chi connectivity index (χ2v) is 3.15. The normalized spacial score (nSPS) is 9.60. The average molecular weight is 217 g/mol. The van der Waals surface area contributed by atoms with Crippen LogP contribution in [0.4, 0.5) is 5.82 Å². The molecule has 72 valence electrons. The highest BCUT2D eigenvalue weighted by atomic mass is 35.5. The van der Waals surface area contributed by atoms with Gasteiger partial charge in [-0.15, -0.1) is 15.2 Å². The first-order valence-corrected chi connectivity index (χ1v) is 4.50. The molecular formula is C10H5ClN4. The molecule has 4 nitrogen and oxygen atoms in total. The molecule has 5 heteroatoms. The zero-order valence-electron chi connectivity index (χ0n) is 7.55. The Morgan fingerprint density at radius 3 is 2.53 bits per heavy atom. The van der Waals surface area contributed by atoms with E-state index in [1.165, 1.54) is 0 Å². The fraction of sp³-hybridized carbons (Fsp3) is 0. The Kier molecular flexibility index (Phi) is 2.57. The van der Waals surface area contributed by atoms with Gasteiger partial charge < -0.3 is 4.85 Å². The molecule has 0 unspecified atom stereocenters. The van der Waals surface area contributed by atoms with Crippen LogP contribution in [0.5, 0.6) is 0 Å². The van der Waals surface area contributed by atoms with Gasteiger partial charge in [-0.05, 0) is 18.2 Å². The van der Waals surface area contributed by atoms with E-state index in [-0.39, 0.29) is 0 Å². The van der Waals surface area contributed by atoms with Gasteiger partial charge in [0.2, 0.25) is 0 Å². The first kappa shape index (κ1) is 9.56. The third kappa shape index (κ3) is 2.09. The Morgan fingerprint density at radius 2 is 2.00 bits per heavy atom. The van der Waals surface area contributed by atoms with Crippen LogP contribution in [0.3, 0.4) is 0 Å². The number of aromatic nitrogens is 3. The summed E-state index contributed by atoms with van der Waals surface area (Å²) in [7, 11) is 0. The van der Waals surface area contributed by atoms with Crippen molar-refractivity contribution in [2.75, 3.05) is 0 Å². The quantitative estimate of drug-likeness (QED) is 0.689. The molecule has 0 aliphatic rings. The van der Waals surface area contributed by atoms with E-state index in [2.05, 4.69) is 20.0 Å². The number of nitrogens with zero attached hydrogens (tertiary/aromatic N) is 4. The minimum absolute atomic E-state index is 0.351. The maximum absolute atomic E-state index is 6.76. The van der Waals surface area contributed by atoms with E-state index < -0.39 is 0 Å². The van der Waals surface area contributed by atoms with Crippen molar-refractivity contribution in [2.45, 2.75) is 0 Å². The summed E-state index contributed by atoms with van der Waals surface area (Å²) in [5, 5.41) is 7.98. The van der Waals surface area contributed by atoms with Crippen LogP contribution in [-0.2, 0) is 0 Å². The van der Waals surface area contributed by atoms with Gasteiger partial charge in [-0.1, -0.05) is 24.2 Å². The topological polar surface area (TPSA) is 43.0 Å². The van der Waals surface area contributed by atoms with E-state index >= 15 is 0 Å². The number of hydrogen-bond donors (Lipinski definition) is 0. The lowest BCUT2D eigenvalue weighted by atomic mass is 10.2. The summed E-state index contributed by atoms with van der Waals surface area (Å²) >= 11 is 5.62. The highest BCUT2D eigenvalue weighted by Crippen LogP contribution is 2.18. The lowest BCUT2D eigenvalue weighted by Gasteiger charge is -1.97. The number of rotatable bonds is 1. The fourth-order valence-corrected chi connectivity index (χ4v) is 1.17. The maximum Gasteiger partial charge on any atom is 0.269 e. The second kappa shape index (κ2) is 4.03. The molecule has 0 amide bonds. The minimum atomic E-state index is 0.351. The van der Waals surface area contributed by atoms with Crippen LogP contribution in [0.25, 0.3) is 16.1 Å². The van der Waals surface area contributed by atoms with E-state index in [4.69, 9.17) is 18.2 Å². The summed E-state index contributed by atoms with van der Waals surface area (Å²) in [4.78, 5) is 7.14. The zero-order valence-corrected chi connectivity index (χ0v) is 8.31. The fourth-order valence-electron chi connectivity index (χ4n) is 1.07. The van der Waals surface area contributed by atoms with E-state index in [1.807, 2.05) is 0 Å². The summed E-state index contributed by atoms with van der Waals surface area (Å²) in [6.45, 7) is 6.76. The monoisotopic (exact) mass is 216 g/mol. The maximum atomic E-state index is 6.76. The molecule has 0 N–H and O–H groups in total. The molecule has 0 saturated heterocycles. The van der Waals surface area contributed by atoms with Crippen LogP contribution in [0.1, 0.15) is 0 Å². The van der Waals surface area contributed by atoms with E-state index in [9.17, 15) is 0 Å². The van der Waals surface area contributed by atoms with Crippen molar-refractivity contribution in [3.8, 4) is 11.3 Å². The van der Waals surface area contributed by atoms with Crippen molar-refractivity contribution in [3.05, 3.63) is 47.0 Å². The summed E-state index contributed by atoms with van der Waals surface area (Å²) < 4.78 is 0. The standard InChI is InChI=1S/C10H5ClN4/c1-12-10-5-2-7(6-13-10)8-3-4-9(11)15-14-8/h2-6H. The molecule has 0 spiro atoms. The number of hydrogen-bond acceptors (Lipinski definition) is 3. The van der Waals surface area contributed by atoms with E-state index in [1.54, 1.807) is 30.5 Å². The Labute approximate surface area is 91.4 Å². The summed E-state index contributed by atoms with van der Waals surface area (Å²) in [6, 6.07) is 6.83. The Morgan fingerprint density at radius 1 is 1.13 bits per heavy atom. The molecule has 0 aromatic carbocycles. The Hall–Kier alpha value is -1.99. The third-order valence-corrected chi connectivity index (χ3v) is 1.99. The summed E-state index contributed by atoms with van der Waals surface area (Å²) in [5.74, 6) is 0.362. The molecule has 0 radical (unpaired) electrons. The van der Waals surface area contributed by atoms with Crippen molar-refractivity contribution < 1.29 is 0 Å². The molecule has 2 heterocycles. The predicted octanol–water partition coefficient (Wildman–Crippen LogP) is 2.74. The van der Waals surface area contributed by atoms with Crippen LogP contribution in [-0.4, -0.2) is 15.2 Å². The van der Waals surface area contributed by atoms with Gasteiger partial charge in [0.1, 0.15) is 6.20 Å². The van der Waals surface area contributed by atoms with Crippen LogP contribution < -0.4 is 0 Å². The molecule has 0 bridgehead atoms. The largest absolute Gasteiger partial charge is 0.361 e. The minimum Gasteiger partial charge on any atom is -0.361 e. The van der Waals surface area contributed by atoms with Gasteiger partial charge in [0.25, 0.3) is 5.82 Å². The molecule has 0 saturated carbocycles. The predicted molar refractivity (Wildman–Crippen MR) is 56.5 cm³/mol. The van der Waals surface area contributed by atoms with Crippen LogP contribution in [0.15, 0.2) is 30.5 Å². The third-order valence-electron chi connectivity index (χ3n) is 1.79. The van der Waals surface area contributed by atoms with Crippen molar-refractivity contribution in [2.24, 2.45) is 0 Å². The molecular weight excluding hydrogens is 212 g/mol. The van der Waals surface area contributed by atoms with Crippen molar-refractivity contribution in [1.82, 2.24) is 15.2 Å². The highest BCUT2D eigenvalue weighted by Gasteiger charge is 2.02. The van der Waals surface area contributed by atoms with Gasteiger partial charge in [-0.2, -0.15) is 0 Å².